The third-order valence-corrected chi connectivity index (χ3v) is 23.1. The summed E-state index contributed by atoms with van der Waals surface area (Å²) < 4.78 is 6.39. The van der Waals surface area contributed by atoms with Gasteiger partial charge in [0.2, 0.25) is 0 Å². The molecule has 1 fully saturated rings. The van der Waals surface area contributed by atoms with E-state index in [1.807, 2.05) is 36.4 Å². The summed E-state index contributed by atoms with van der Waals surface area (Å²) in [5, 5.41) is 2.17. The predicted octanol–water partition coefficient (Wildman–Crippen LogP) is 1.54. The van der Waals surface area contributed by atoms with Crippen LogP contribution in [0.15, 0.2) is 60.7 Å². The summed E-state index contributed by atoms with van der Waals surface area (Å²) in [4.78, 5) is 12.0. The lowest BCUT2D eigenvalue weighted by atomic mass is 10.4. The van der Waals surface area contributed by atoms with Crippen LogP contribution in [0.3, 0.4) is 0 Å². The van der Waals surface area contributed by atoms with Crippen LogP contribution in [0.25, 0.3) is 0 Å². The third-order valence-electron chi connectivity index (χ3n) is 4.41. The van der Waals surface area contributed by atoms with Crippen molar-refractivity contribution in [1.82, 2.24) is 8.54 Å². The first-order chi connectivity index (χ1) is 10.3. The summed E-state index contributed by atoms with van der Waals surface area (Å²) in [6.07, 6.45) is 0. The van der Waals surface area contributed by atoms with Crippen molar-refractivity contribution in [3.8, 4) is 0 Å². The monoisotopic (exact) mass is 344 g/mol. The smallest absolute Gasteiger partial charge is 0.324 e. The van der Waals surface area contributed by atoms with Crippen molar-refractivity contribution in [3.63, 3.8) is 0 Å². The molecule has 1 aliphatic rings. The molecule has 0 amide bonds. The van der Waals surface area contributed by atoms with Crippen LogP contribution in [0.5, 0.6) is 0 Å². The van der Waals surface area contributed by atoms with Gasteiger partial charge in [-0.2, -0.15) is 0 Å². The molecule has 1 heterocycles. The molecule has 1 saturated heterocycles. The molecule has 3 rings (SSSR count). The minimum absolute atomic E-state index is 1.09. The summed E-state index contributed by atoms with van der Waals surface area (Å²) in [7, 11) is -6.41. The van der Waals surface area contributed by atoms with Crippen molar-refractivity contribution in [2.24, 2.45) is 0 Å². The molecule has 0 radical (unpaired) electrons. The normalized spacial score (nSPS) is 20.4. The highest BCUT2D eigenvalue weighted by molar-refractivity contribution is 7.18. The number of rotatable bonds is 3. The maximum Gasteiger partial charge on any atom is 0.324 e. The van der Waals surface area contributed by atoms with Crippen molar-refractivity contribution in [2.75, 3.05) is 0 Å². The van der Waals surface area contributed by atoms with Crippen LogP contribution < -0.4 is 15.0 Å². The zero-order valence-electron chi connectivity index (χ0n) is 13.7. The molecule has 0 atom stereocenters. The van der Waals surface area contributed by atoms with E-state index in [0.29, 0.717) is 0 Å². The molecule has 0 bridgehead atoms. The zero-order valence-corrected chi connectivity index (χ0v) is 16.7. The van der Waals surface area contributed by atoms with Crippen molar-refractivity contribution in [2.45, 2.75) is 26.2 Å². The molecule has 116 valence electrons. The summed E-state index contributed by atoms with van der Waals surface area (Å²) in [6.45, 7) is 9.20. The molecule has 6 heteroatoms. The van der Waals surface area contributed by atoms with Gasteiger partial charge in [0.1, 0.15) is 0 Å². The summed E-state index contributed by atoms with van der Waals surface area (Å²) in [5.74, 6) is 0. The van der Waals surface area contributed by atoms with Gasteiger partial charge in [0.25, 0.3) is 0 Å². The van der Waals surface area contributed by atoms with E-state index in [0.717, 1.165) is 10.4 Å². The third kappa shape index (κ3) is 2.36. The number of hydrogen-bond acceptors (Lipinski definition) is 3. The maximum absolute atomic E-state index is 12.0. The predicted molar refractivity (Wildman–Crippen MR) is 100 cm³/mol. The van der Waals surface area contributed by atoms with E-state index in [-0.39, 0.29) is 0 Å². The van der Waals surface area contributed by atoms with E-state index >= 15 is 0 Å². The number of nitrogens with zero attached hydrogens (tertiary/aromatic N) is 1. The van der Waals surface area contributed by atoms with E-state index in [1.54, 1.807) is 0 Å². The van der Waals surface area contributed by atoms with Crippen LogP contribution >= 0.6 is 0 Å². The fourth-order valence-electron chi connectivity index (χ4n) is 4.08. The number of benzene rings is 2. The van der Waals surface area contributed by atoms with Gasteiger partial charge >= 0.3 is 8.48 Å². The van der Waals surface area contributed by atoms with E-state index in [4.69, 9.17) is 0 Å². The molecule has 3 nitrogen and oxygen atoms in total. The van der Waals surface area contributed by atoms with Crippen LogP contribution in [-0.4, -0.2) is 34.0 Å². The molecule has 0 spiro atoms. The topological polar surface area (TPSA) is 35.5 Å². The Bertz CT molecular complexity index is 608. The Morgan fingerprint density at radius 3 is 1.45 bits per heavy atom. The fraction of sp³-hybridized carbons (Fsp3) is 0.250. The van der Waals surface area contributed by atoms with Crippen LogP contribution in [0.2, 0.25) is 26.2 Å². The van der Waals surface area contributed by atoms with Gasteiger partial charge in [-0.15, -0.1) is 0 Å². The first kappa shape index (κ1) is 15.9. The van der Waals surface area contributed by atoms with Crippen molar-refractivity contribution in [1.29, 1.82) is 0 Å². The van der Waals surface area contributed by atoms with Gasteiger partial charge in [-0.05, 0) is 36.6 Å². The lowest BCUT2D eigenvalue weighted by molar-refractivity contribution is 0.507. The highest BCUT2D eigenvalue weighted by Gasteiger charge is 2.64. The quantitative estimate of drug-likeness (QED) is 0.829. The second-order valence-electron chi connectivity index (χ2n) is 6.98. The van der Waals surface area contributed by atoms with Gasteiger partial charge in [-0.3, -0.25) is 0 Å². The second kappa shape index (κ2) is 5.26. The minimum Gasteiger partial charge on any atom is -0.413 e. The van der Waals surface area contributed by atoms with Crippen molar-refractivity contribution >= 4 is 35.6 Å². The number of nitrogens with one attached hydrogen (secondary N) is 1. The van der Waals surface area contributed by atoms with Gasteiger partial charge in [0.15, 0.2) is 16.8 Å². The number of hydrogen-bond donors (Lipinski definition) is 2. The molecule has 22 heavy (non-hydrogen) atoms. The van der Waals surface area contributed by atoms with Gasteiger partial charge in [0, 0.05) is 0 Å². The van der Waals surface area contributed by atoms with Gasteiger partial charge in [-0.1, -0.05) is 60.7 Å². The maximum atomic E-state index is 12.0. The first-order valence-corrected chi connectivity index (χ1v) is 15.5. The molecular formula is C16H24N2OSi3. The van der Waals surface area contributed by atoms with Gasteiger partial charge < -0.3 is 13.3 Å². The van der Waals surface area contributed by atoms with E-state index in [9.17, 15) is 4.80 Å². The largest absolute Gasteiger partial charge is 0.413 e. The Labute approximate surface area is 136 Å². The summed E-state index contributed by atoms with van der Waals surface area (Å²) in [5.41, 5.74) is 0. The average Bonchev–Trinajstić information content (AvgIpc) is 2.47. The molecule has 0 aromatic heterocycles. The highest BCUT2D eigenvalue weighted by atomic mass is 28.5. The summed E-state index contributed by atoms with van der Waals surface area (Å²) in [6, 6.07) is 20.5. The Morgan fingerprint density at radius 1 is 0.773 bits per heavy atom. The molecular weight excluding hydrogens is 320 g/mol. The second-order valence-corrected chi connectivity index (χ2v) is 19.4. The van der Waals surface area contributed by atoms with Crippen LogP contribution in [0.4, 0.5) is 0 Å². The van der Waals surface area contributed by atoms with Crippen molar-refractivity contribution in [3.05, 3.63) is 60.7 Å². The molecule has 0 saturated carbocycles. The molecule has 2 N–H and O–H groups in total. The summed E-state index contributed by atoms with van der Waals surface area (Å²) >= 11 is 0. The van der Waals surface area contributed by atoms with Gasteiger partial charge in [-0.25, -0.2) is 0 Å². The Hall–Kier alpha value is -1.03. The fourth-order valence-corrected chi connectivity index (χ4v) is 27.3. The highest BCUT2D eigenvalue weighted by Crippen LogP contribution is 2.32. The first-order valence-electron chi connectivity index (χ1n) is 7.72. The molecule has 2 aromatic carbocycles. The molecule has 2 aromatic rings. The van der Waals surface area contributed by atoms with E-state index in [2.05, 4.69) is 59.0 Å². The minimum atomic E-state index is -2.89. The Kier molecular flexibility index (Phi) is 3.79. The SMILES string of the molecule is C[Si]1(C)N[Si](C)(C)N1[Si](O)(c1ccccc1)c1ccccc1. The van der Waals surface area contributed by atoms with Crippen LogP contribution in [-0.2, 0) is 0 Å². The van der Waals surface area contributed by atoms with E-state index in [1.165, 1.54) is 0 Å². The molecule has 0 aliphatic carbocycles. The standard InChI is InChI=1S/C16H24N2OSi3/c1-20(2)17-21(3,4)18(20)22(19,15-11-7-5-8-12-15)16-13-9-6-10-14-16/h5-14,17,19H,1-4H3. The van der Waals surface area contributed by atoms with Crippen LogP contribution in [0.1, 0.15) is 0 Å². The molecule has 0 unspecified atom stereocenters. The Balaban J connectivity index is 2.21. The lowest BCUT2D eigenvalue weighted by Crippen LogP contribution is -2.98. The van der Waals surface area contributed by atoms with Crippen LogP contribution in [0, 0.1) is 0 Å². The van der Waals surface area contributed by atoms with E-state index < -0.39 is 25.3 Å². The Morgan fingerprint density at radius 2 is 1.14 bits per heavy atom. The van der Waals surface area contributed by atoms with Crippen molar-refractivity contribution < 1.29 is 4.80 Å². The zero-order chi connectivity index (χ0) is 16.0. The average molecular weight is 345 g/mol. The van der Waals surface area contributed by atoms with Gasteiger partial charge in [0.05, 0.1) is 0 Å². The lowest BCUT2D eigenvalue weighted by Gasteiger charge is -2.64. The molecule has 1 aliphatic heterocycles.